The first-order chi connectivity index (χ1) is 23.0. The first kappa shape index (κ1) is 35.8. The van der Waals surface area contributed by atoms with E-state index in [2.05, 4.69) is 37.4 Å². The monoisotopic (exact) mass is 775 g/mol. The van der Waals surface area contributed by atoms with Gasteiger partial charge in [-0.1, -0.05) is 71.1 Å². The fourth-order valence-electron chi connectivity index (χ4n) is 6.07. The summed E-state index contributed by atoms with van der Waals surface area (Å²) < 4.78 is 44.5. The maximum Gasteiger partial charge on any atom is 0.416 e. The van der Waals surface area contributed by atoms with Gasteiger partial charge in [-0.3, -0.25) is 9.59 Å². The highest BCUT2D eigenvalue weighted by Gasteiger charge is 2.39. The van der Waals surface area contributed by atoms with Crippen LogP contribution in [0.15, 0.2) is 79.0 Å². The van der Waals surface area contributed by atoms with Gasteiger partial charge in [-0.15, -0.1) is 0 Å². The van der Waals surface area contributed by atoms with Crippen molar-refractivity contribution >= 4 is 46.3 Å². The first-order valence-electron chi connectivity index (χ1n) is 16.1. The number of halogens is 4. The summed E-state index contributed by atoms with van der Waals surface area (Å²) in [6.45, 7) is 4.00. The van der Waals surface area contributed by atoms with Crippen LogP contribution in [0.5, 0.6) is 0 Å². The van der Waals surface area contributed by atoms with Crippen LogP contribution in [-0.4, -0.2) is 97.1 Å². The molecule has 2 amide bonds. The van der Waals surface area contributed by atoms with Gasteiger partial charge in [0.2, 0.25) is 11.8 Å². The number of carbonyl (C=O) groups is 2. The summed E-state index contributed by atoms with van der Waals surface area (Å²) in [6.07, 6.45) is 1.77. The fraction of sp³-hybridized carbons (Fsp3) is 0.417. The molecule has 2 saturated heterocycles. The molecule has 0 bridgehead atoms. The van der Waals surface area contributed by atoms with E-state index in [1.165, 1.54) is 24.3 Å². The first-order valence-corrected chi connectivity index (χ1v) is 17.3. The number of anilines is 1. The van der Waals surface area contributed by atoms with E-state index in [1.807, 2.05) is 61.5 Å². The van der Waals surface area contributed by atoms with E-state index in [9.17, 15) is 22.8 Å². The number of likely N-dealkylation sites (tertiary alicyclic amines) is 1. The Kier molecular flexibility index (Phi) is 12.1. The Morgan fingerprint density at radius 2 is 1.65 bits per heavy atom. The third kappa shape index (κ3) is 9.14. The zero-order valence-electron chi connectivity index (χ0n) is 27.2. The van der Waals surface area contributed by atoms with Crippen LogP contribution in [0.4, 0.5) is 19.0 Å². The van der Waals surface area contributed by atoms with Gasteiger partial charge in [0, 0.05) is 51.0 Å². The molecule has 2 aromatic carbocycles. The molecule has 1 aromatic heterocycles. The predicted octanol–water partition coefficient (Wildman–Crippen LogP) is 6.08. The van der Waals surface area contributed by atoms with E-state index in [1.54, 1.807) is 11.1 Å². The van der Waals surface area contributed by atoms with E-state index in [4.69, 9.17) is 4.74 Å². The van der Waals surface area contributed by atoms with Crippen molar-refractivity contribution in [1.82, 2.24) is 19.7 Å². The molecule has 12 heteroatoms. The number of hydrogen-bond donors (Lipinski definition) is 0. The highest BCUT2D eigenvalue weighted by atomic mass is 127. The molecule has 2 aliphatic rings. The molecule has 2 aliphatic heterocycles. The highest BCUT2D eigenvalue weighted by molar-refractivity contribution is 14.1. The molecule has 2 atom stereocenters. The standard InChI is InChI=1S/C36H41F3IN5O3/c1-42(2)30-16-18-44(19-17-30)35(47)34(33(40)28-6-4-3-5-7-28)45(25-27-10-14-31(41-24-27)43-20-22-48-23-21-43)32(46)15-11-26-8-12-29(13-9-26)36(37,38)39/h3-15,24,30,33-34H,16-23,25H2,1-2H3. The van der Waals surface area contributed by atoms with Crippen molar-refractivity contribution in [3.8, 4) is 0 Å². The van der Waals surface area contributed by atoms with Gasteiger partial charge < -0.3 is 24.3 Å². The minimum Gasteiger partial charge on any atom is -0.378 e. The zero-order valence-corrected chi connectivity index (χ0v) is 29.3. The second kappa shape index (κ2) is 16.3. The number of pyridine rings is 1. The highest BCUT2D eigenvalue weighted by Crippen LogP contribution is 2.34. The van der Waals surface area contributed by atoms with Crippen molar-refractivity contribution in [3.05, 3.63) is 101 Å². The largest absolute Gasteiger partial charge is 0.416 e. The summed E-state index contributed by atoms with van der Waals surface area (Å²) in [5.41, 5.74) is 1.34. The third-order valence-electron chi connectivity index (χ3n) is 8.93. The van der Waals surface area contributed by atoms with Gasteiger partial charge >= 0.3 is 6.18 Å². The topological polar surface area (TPSA) is 69.2 Å². The Morgan fingerprint density at radius 1 is 0.979 bits per heavy atom. The van der Waals surface area contributed by atoms with Gasteiger partial charge in [-0.2, -0.15) is 13.2 Å². The quantitative estimate of drug-likeness (QED) is 0.142. The van der Waals surface area contributed by atoms with E-state index in [0.717, 1.165) is 55.0 Å². The van der Waals surface area contributed by atoms with Crippen molar-refractivity contribution in [2.75, 3.05) is 58.4 Å². The van der Waals surface area contributed by atoms with Crippen LogP contribution in [0.3, 0.4) is 0 Å². The van der Waals surface area contributed by atoms with Gasteiger partial charge in [0.25, 0.3) is 0 Å². The molecule has 0 aliphatic carbocycles. The van der Waals surface area contributed by atoms with E-state index in [-0.39, 0.29) is 16.4 Å². The molecular formula is C36H41F3IN5O3. The number of carbonyl (C=O) groups excluding carboxylic acids is 2. The Morgan fingerprint density at radius 3 is 2.23 bits per heavy atom. The lowest BCUT2D eigenvalue weighted by atomic mass is 9.99. The second-order valence-electron chi connectivity index (χ2n) is 12.3. The van der Waals surface area contributed by atoms with Crippen LogP contribution in [0.25, 0.3) is 6.08 Å². The number of aromatic nitrogens is 1. The number of benzene rings is 2. The number of amides is 2. The van der Waals surface area contributed by atoms with Crippen molar-refractivity contribution in [3.63, 3.8) is 0 Å². The van der Waals surface area contributed by atoms with Crippen LogP contribution in [0, 0.1) is 0 Å². The number of piperidine rings is 1. The van der Waals surface area contributed by atoms with Gasteiger partial charge in [0.1, 0.15) is 11.9 Å². The third-order valence-corrected chi connectivity index (χ3v) is 10.3. The van der Waals surface area contributed by atoms with Crippen molar-refractivity contribution in [2.45, 2.75) is 41.6 Å². The number of morpholine rings is 1. The maximum absolute atomic E-state index is 14.5. The summed E-state index contributed by atoms with van der Waals surface area (Å²) in [6, 6.07) is 17.6. The molecule has 3 aromatic rings. The van der Waals surface area contributed by atoms with Crippen molar-refractivity contribution < 1.29 is 27.5 Å². The predicted molar refractivity (Wildman–Crippen MR) is 189 cm³/mol. The summed E-state index contributed by atoms with van der Waals surface area (Å²) in [5.74, 6) is 0.255. The Bertz CT molecular complexity index is 1520. The molecule has 0 N–H and O–H groups in total. The number of hydrogen-bond acceptors (Lipinski definition) is 6. The van der Waals surface area contributed by atoms with E-state index in [0.29, 0.717) is 37.9 Å². The average molecular weight is 776 g/mol. The summed E-state index contributed by atoms with van der Waals surface area (Å²) >= 11 is 2.26. The van der Waals surface area contributed by atoms with Crippen LogP contribution in [0.2, 0.25) is 0 Å². The molecule has 0 radical (unpaired) electrons. The zero-order chi connectivity index (χ0) is 34.3. The average Bonchev–Trinajstić information content (AvgIpc) is 3.11. The number of nitrogens with zero attached hydrogens (tertiary/aromatic N) is 5. The smallest absolute Gasteiger partial charge is 0.378 e. The summed E-state index contributed by atoms with van der Waals surface area (Å²) in [4.78, 5) is 41.2. The van der Waals surface area contributed by atoms with Crippen LogP contribution >= 0.6 is 22.6 Å². The molecule has 5 rings (SSSR count). The lowest BCUT2D eigenvalue weighted by Gasteiger charge is -2.40. The molecule has 2 unspecified atom stereocenters. The summed E-state index contributed by atoms with van der Waals surface area (Å²) in [7, 11) is 4.09. The number of rotatable bonds is 10. The van der Waals surface area contributed by atoms with Crippen LogP contribution in [0.1, 0.15) is 39.0 Å². The fourth-order valence-corrected chi connectivity index (χ4v) is 7.18. The van der Waals surface area contributed by atoms with E-state index >= 15 is 0 Å². The Hall–Kier alpha value is -3.49. The number of ether oxygens (including phenoxy) is 1. The van der Waals surface area contributed by atoms with Gasteiger partial charge in [-0.05, 0) is 67.9 Å². The second-order valence-corrected chi connectivity index (χ2v) is 13.7. The van der Waals surface area contributed by atoms with Gasteiger partial charge in [0.05, 0.1) is 22.7 Å². The molecule has 8 nitrogen and oxygen atoms in total. The van der Waals surface area contributed by atoms with Gasteiger partial charge in [0.15, 0.2) is 0 Å². The van der Waals surface area contributed by atoms with Crippen LogP contribution < -0.4 is 4.90 Å². The van der Waals surface area contributed by atoms with Crippen molar-refractivity contribution in [2.24, 2.45) is 0 Å². The minimum atomic E-state index is -4.46. The maximum atomic E-state index is 14.5. The molecular weight excluding hydrogens is 734 g/mol. The molecule has 2 fully saturated rings. The molecule has 0 saturated carbocycles. The number of alkyl halides is 4. The van der Waals surface area contributed by atoms with Gasteiger partial charge in [-0.25, -0.2) is 4.98 Å². The summed E-state index contributed by atoms with van der Waals surface area (Å²) in [5, 5.41) is 0. The lowest BCUT2D eigenvalue weighted by molar-refractivity contribution is -0.145. The molecule has 48 heavy (non-hydrogen) atoms. The molecule has 3 heterocycles. The Balaban J connectivity index is 1.48. The van der Waals surface area contributed by atoms with Crippen LogP contribution in [-0.2, 0) is 27.0 Å². The van der Waals surface area contributed by atoms with Crippen molar-refractivity contribution in [1.29, 1.82) is 0 Å². The molecule has 256 valence electrons. The minimum absolute atomic E-state index is 0.115. The Labute approximate surface area is 293 Å². The van der Waals surface area contributed by atoms with E-state index < -0.39 is 23.7 Å². The normalized spacial score (nSPS) is 17.5. The molecule has 0 spiro atoms. The lowest BCUT2D eigenvalue weighted by Crippen LogP contribution is -2.54. The SMILES string of the molecule is CN(C)C1CCN(C(=O)C(C(I)c2ccccc2)N(Cc2ccc(N3CCOCC3)nc2)C(=O)C=Cc2ccc(C(F)(F)F)cc2)CC1.